The van der Waals surface area contributed by atoms with Crippen molar-refractivity contribution in [3.8, 4) is 0 Å². The summed E-state index contributed by atoms with van der Waals surface area (Å²) in [5.74, 6) is -1.01. The van der Waals surface area contributed by atoms with Crippen LogP contribution in [0.3, 0.4) is 0 Å². The number of amides is 1. The van der Waals surface area contributed by atoms with Gasteiger partial charge in [0.2, 0.25) is 5.54 Å². The highest BCUT2D eigenvalue weighted by Crippen LogP contribution is 2.41. The molecule has 1 atom stereocenters. The number of Topliss-reactive ketones (excluding diaryl/α,β-unsaturated/α-hetero) is 1. The second-order valence-corrected chi connectivity index (χ2v) is 5.16. The van der Waals surface area contributed by atoms with Gasteiger partial charge in [-0.15, -0.1) is 0 Å². The van der Waals surface area contributed by atoms with E-state index < -0.39 is 17.2 Å². The SMILES string of the molecule is CCN1C(=O)[C@@](N=[N+]=[N-])(c2ccccc2)C(=O)c2ccccc21. The minimum Gasteiger partial charge on any atom is -0.311 e. The maximum atomic E-state index is 13.1. The number of likely N-dealkylation sites (N-methyl/N-ethyl adjacent to an activating group) is 1. The van der Waals surface area contributed by atoms with Gasteiger partial charge in [0.1, 0.15) is 0 Å². The molecule has 0 radical (unpaired) electrons. The first-order valence-electron chi connectivity index (χ1n) is 7.24. The molecule has 1 amide bonds. The Morgan fingerprint density at radius 1 is 1.09 bits per heavy atom. The van der Waals surface area contributed by atoms with Crippen molar-refractivity contribution in [1.29, 1.82) is 0 Å². The van der Waals surface area contributed by atoms with Crippen LogP contribution in [-0.4, -0.2) is 18.2 Å². The summed E-state index contributed by atoms with van der Waals surface area (Å²) in [5, 5.41) is 3.68. The highest BCUT2D eigenvalue weighted by atomic mass is 16.2. The van der Waals surface area contributed by atoms with Gasteiger partial charge in [-0.25, -0.2) is 0 Å². The third-order valence-electron chi connectivity index (χ3n) is 4.03. The van der Waals surface area contributed by atoms with Crippen LogP contribution < -0.4 is 4.90 Å². The van der Waals surface area contributed by atoms with E-state index in [0.717, 1.165) is 0 Å². The fourth-order valence-corrected chi connectivity index (χ4v) is 2.96. The Balaban J connectivity index is 2.35. The first kappa shape index (κ1) is 14.8. The quantitative estimate of drug-likeness (QED) is 0.376. The molecule has 0 spiro atoms. The van der Waals surface area contributed by atoms with Gasteiger partial charge in [0, 0.05) is 17.0 Å². The molecule has 6 heteroatoms. The lowest BCUT2D eigenvalue weighted by Gasteiger charge is -2.38. The van der Waals surface area contributed by atoms with Crippen LogP contribution in [0.2, 0.25) is 0 Å². The average Bonchev–Trinajstić information content (AvgIpc) is 2.60. The molecule has 0 aliphatic carbocycles. The van der Waals surface area contributed by atoms with Gasteiger partial charge in [0.25, 0.3) is 5.91 Å². The van der Waals surface area contributed by atoms with Crippen LogP contribution in [0.15, 0.2) is 59.7 Å². The largest absolute Gasteiger partial charge is 0.311 e. The number of hydrogen-bond donors (Lipinski definition) is 0. The zero-order valence-corrected chi connectivity index (χ0v) is 12.5. The Kier molecular flexibility index (Phi) is 3.60. The predicted octanol–water partition coefficient (Wildman–Crippen LogP) is 3.44. The Morgan fingerprint density at radius 3 is 2.39 bits per heavy atom. The number of nitrogens with zero attached hydrogens (tertiary/aromatic N) is 4. The Labute approximate surface area is 133 Å². The normalized spacial score (nSPS) is 20.0. The molecule has 2 aromatic rings. The number of rotatable bonds is 3. The summed E-state index contributed by atoms with van der Waals surface area (Å²) in [5.41, 5.74) is 8.44. The molecule has 3 rings (SSSR count). The molecule has 6 nitrogen and oxygen atoms in total. The third-order valence-corrected chi connectivity index (χ3v) is 4.03. The number of ketones is 1. The molecule has 0 fully saturated rings. The standard InChI is InChI=1S/C17H14N4O2/c1-2-21-14-11-7-6-10-13(14)15(22)17(16(21)23,19-20-18)12-8-4-3-5-9-12/h3-11H,2H2,1H3/t17-/m1/s1. The van der Waals surface area contributed by atoms with Crippen LogP contribution in [0.4, 0.5) is 5.69 Å². The number of hydrogen-bond acceptors (Lipinski definition) is 3. The fraction of sp³-hybridized carbons (Fsp3) is 0.176. The summed E-state index contributed by atoms with van der Waals surface area (Å²) in [6.07, 6.45) is 0. The highest BCUT2D eigenvalue weighted by Gasteiger charge is 2.53. The number of carbonyl (C=O) groups is 2. The summed E-state index contributed by atoms with van der Waals surface area (Å²) in [4.78, 5) is 30.5. The number of para-hydroxylation sites is 1. The Morgan fingerprint density at radius 2 is 1.74 bits per heavy atom. The topological polar surface area (TPSA) is 86.1 Å². The van der Waals surface area contributed by atoms with Crippen LogP contribution in [-0.2, 0) is 10.3 Å². The van der Waals surface area contributed by atoms with E-state index >= 15 is 0 Å². The van der Waals surface area contributed by atoms with E-state index in [0.29, 0.717) is 23.4 Å². The van der Waals surface area contributed by atoms with Crippen molar-refractivity contribution in [3.05, 3.63) is 76.2 Å². The summed E-state index contributed by atoms with van der Waals surface area (Å²) in [6.45, 7) is 2.19. The summed E-state index contributed by atoms with van der Waals surface area (Å²) in [7, 11) is 0. The first-order chi connectivity index (χ1) is 11.2. The van der Waals surface area contributed by atoms with Gasteiger partial charge < -0.3 is 4.90 Å². The van der Waals surface area contributed by atoms with Gasteiger partial charge in [0.05, 0.1) is 5.69 Å². The number of azide groups is 1. The van der Waals surface area contributed by atoms with Crippen LogP contribution in [0.5, 0.6) is 0 Å². The Bertz CT molecular complexity index is 827. The second kappa shape index (κ2) is 5.59. The van der Waals surface area contributed by atoms with Gasteiger partial charge in [-0.1, -0.05) is 47.6 Å². The van der Waals surface area contributed by atoms with Crippen molar-refractivity contribution in [2.24, 2.45) is 5.11 Å². The van der Waals surface area contributed by atoms with E-state index in [2.05, 4.69) is 10.0 Å². The first-order valence-corrected chi connectivity index (χ1v) is 7.24. The fourth-order valence-electron chi connectivity index (χ4n) is 2.96. The smallest absolute Gasteiger partial charge is 0.251 e. The van der Waals surface area contributed by atoms with Crippen molar-refractivity contribution in [3.63, 3.8) is 0 Å². The van der Waals surface area contributed by atoms with E-state index in [1.807, 2.05) is 6.92 Å². The van der Waals surface area contributed by atoms with Crippen molar-refractivity contribution in [2.45, 2.75) is 12.5 Å². The molecule has 0 saturated carbocycles. The van der Waals surface area contributed by atoms with Gasteiger partial charge >= 0.3 is 0 Å². The van der Waals surface area contributed by atoms with Gasteiger partial charge in [-0.2, -0.15) is 0 Å². The molecule has 0 bridgehead atoms. The lowest BCUT2D eigenvalue weighted by molar-refractivity contribution is -0.122. The lowest BCUT2D eigenvalue weighted by atomic mass is 9.78. The highest BCUT2D eigenvalue weighted by molar-refractivity contribution is 6.28. The van der Waals surface area contributed by atoms with E-state index in [1.54, 1.807) is 54.6 Å². The summed E-state index contributed by atoms with van der Waals surface area (Å²) in [6, 6.07) is 15.3. The summed E-state index contributed by atoms with van der Waals surface area (Å²) < 4.78 is 0. The molecular formula is C17H14N4O2. The van der Waals surface area contributed by atoms with E-state index in [1.165, 1.54) is 4.90 Å². The molecular weight excluding hydrogens is 292 g/mol. The maximum Gasteiger partial charge on any atom is 0.251 e. The van der Waals surface area contributed by atoms with Gasteiger partial charge in [-0.3, -0.25) is 9.59 Å². The van der Waals surface area contributed by atoms with Crippen LogP contribution in [0.1, 0.15) is 22.8 Å². The molecule has 1 heterocycles. The van der Waals surface area contributed by atoms with Gasteiger partial charge in [0.15, 0.2) is 5.78 Å². The Hall–Kier alpha value is -3.11. The lowest BCUT2D eigenvalue weighted by Crippen LogP contribution is -2.54. The van der Waals surface area contributed by atoms with Crippen LogP contribution >= 0.6 is 0 Å². The van der Waals surface area contributed by atoms with Crippen molar-refractivity contribution >= 4 is 17.4 Å². The van der Waals surface area contributed by atoms with E-state index in [9.17, 15) is 9.59 Å². The molecule has 0 N–H and O–H groups in total. The zero-order valence-electron chi connectivity index (χ0n) is 12.5. The number of fused-ring (bicyclic) bond motifs is 1. The van der Waals surface area contributed by atoms with Gasteiger partial charge in [-0.05, 0) is 30.2 Å². The molecule has 23 heavy (non-hydrogen) atoms. The molecule has 0 unspecified atom stereocenters. The number of anilines is 1. The molecule has 2 aromatic carbocycles. The van der Waals surface area contributed by atoms with E-state index in [-0.39, 0.29) is 0 Å². The minimum absolute atomic E-state index is 0.374. The molecule has 0 aromatic heterocycles. The average molecular weight is 306 g/mol. The number of benzene rings is 2. The monoisotopic (exact) mass is 306 g/mol. The molecule has 114 valence electrons. The molecule has 1 aliphatic heterocycles. The molecule has 1 aliphatic rings. The maximum absolute atomic E-state index is 13.1. The third kappa shape index (κ3) is 2.00. The zero-order chi connectivity index (χ0) is 16.4. The summed E-state index contributed by atoms with van der Waals surface area (Å²) >= 11 is 0. The minimum atomic E-state index is -1.89. The predicted molar refractivity (Wildman–Crippen MR) is 86.1 cm³/mol. The van der Waals surface area contributed by atoms with Crippen molar-refractivity contribution in [1.82, 2.24) is 0 Å². The molecule has 0 saturated heterocycles. The van der Waals surface area contributed by atoms with Crippen molar-refractivity contribution < 1.29 is 9.59 Å². The van der Waals surface area contributed by atoms with Crippen LogP contribution in [0.25, 0.3) is 10.4 Å². The van der Waals surface area contributed by atoms with Crippen LogP contribution in [0, 0.1) is 0 Å². The van der Waals surface area contributed by atoms with Crippen molar-refractivity contribution in [2.75, 3.05) is 11.4 Å². The van der Waals surface area contributed by atoms with E-state index in [4.69, 9.17) is 5.53 Å². The number of carbonyl (C=O) groups excluding carboxylic acids is 2. The second-order valence-electron chi connectivity index (χ2n) is 5.16.